The van der Waals surface area contributed by atoms with E-state index >= 15 is 0 Å². The van der Waals surface area contributed by atoms with Crippen molar-refractivity contribution in [3.63, 3.8) is 0 Å². The standard InChI is InChI=1S/C10H10Cl2N2.CH4/c11-7-3-8(12)10-6(1-2-13)5-14-9(10)4-7;/h3-5,14H,1-2,13H2;1H4. The maximum absolute atomic E-state index is 6.10. The summed E-state index contributed by atoms with van der Waals surface area (Å²) < 4.78 is 0. The van der Waals surface area contributed by atoms with Crippen LogP contribution in [-0.4, -0.2) is 11.5 Å². The zero-order valence-electron chi connectivity index (χ0n) is 7.48. The molecule has 4 heteroatoms. The van der Waals surface area contributed by atoms with Crippen LogP contribution in [0.2, 0.25) is 10.0 Å². The molecule has 0 unspecified atom stereocenters. The second-order valence-electron chi connectivity index (χ2n) is 3.16. The van der Waals surface area contributed by atoms with Crippen molar-refractivity contribution in [2.24, 2.45) is 5.73 Å². The molecule has 2 nitrogen and oxygen atoms in total. The summed E-state index contributed by atoms with van der Waals surface area (Å²) in [5.74, 6) is 0. The molecule has 2 rings (SSSR count). The van der Waals surface area contributed by atoms with Gasteiger partial charge < -0.3 is 10.7 Å². The molecule has 15 heavy (non-hydrogen) atoms. The normalized spacial score (nSPS) is 10.3. The Balaban J connectivity index is 0.00000112. The Labute approximate surface area is 99.4 Å². The minimum absolute atomic E-state index is 0. The Hall–Kier alpha value is -0.700. The number of H-pyrrole nitrogens is 1. The fourth-order valence-electron chi connectivity index (χ4n) is 1.60. The number of aromatic nitrogens is 1. The van der Waals surface area contributed by atoms with Crippen molar-refractivity contribution in [3.05, 3.63) is 33.9 Å². The number of nitrogens with one attached hydrogen (secondary N) is 1. The molecule has 0 fully saturated rings. The monoisotopic (exact) mass is 244 g/mol. The summed E-state index contributed by atoms with van der Waals surface area (Å²) in [7, 11) is 0. The third-order valence-corrected chi connectivity index (χ3v) is 2.71. The molecule has 0 spiro atoms. The number of benzene rings is 1. The predicted octanol–water partition coefficient (Wildman–Crippen LogP) is 3.61. The van der Waals surface area contributed by atoms with E-state index in [9.17, 15) is 0 Å². The third kappa shape index (κ3) is 2.28. The van der Waals surface area contributed by atoms with E-state index in [0.717, 1.165) is 22.9 Å². The maximum atomic E-state index is 6.10. The number of hydrogen-bond donors (Lipinski definition) is 2. The van der Waals surface area contributed by atoms with Crippen molar-refractivity contribution in [2.75, 3.05) is 6.54 Å². The van der Waals surface area contributed by atoms with Gasteiger partial charge in [0.15, 0.2) is 0 Å². The minimum Gasteiger partial charge on any atom is -0.361 e. The largest absolute Gasteiger partial charge is 0.361 e. The van der Waals surface area contributed by atoms with E-state index < -0.39 is 0 Å². The SMILES string of the molecule is C.NCCc1c[nH]c2cc(Cl)cc(Cl)c12. The molecule has 0 aliphatic heterocycles. The van der Waals surface area contributed by atoms with Gasteiger partial charge in [0.2, 0.25) is 0 Å². The first-order valence-corrected chi connectivity index (χ1v) is 5.13. The highest BCUT2D eigenvalue weighted by molar-refractivity contribution is 6.38. The van der Waals surface area contributed by atoms with Crippen LogP contribution in [0.25, 0.3) is 10.9 Å². The van der Waals surface area contributed by atoms with Crippen LogP contribution in [0, 0.1) is 0 Å². The average Bonchev–Trinajstić information content (AvgIpc) is 2.49. The van der Waals surface area contributed by atoms with Crippen LogP contribution in [-0.2, 0) is 6.42 Å². The van der Waals surface area contributed by atoms with Gasteiger partial charge in [-0.05, 0) is 30.7 Å². The third-order valence-electron chi connectivity index (χ3n) is 2.19. The Kier molecular flexibility index (Phi) is 4.03. The van der Waals surface area contributed by atoms with E-state index in [1.54, 1.807) is 6.07 Å². The Morgan fingerprint density at radius 3 is 2.67 bits per heavy atom. The Bertz CT molecular complexity index is 463. The molecular weight excluding hydrogens is 231 g/mol. The molecule has 2 aromatic rings. The lowest BCUT2D eigenvalue weighted by molar-refractivity contribution is 0.976. The van der Waals surface area contributed by atoms with Crippen molar-refractivity contribution in [1.82, 2.24) is 4.98 Å². The molecule has 0 atom stereocenters. The molecule has 0 amide bonds. The highest BCUT2D eigenvalue weighted by Crippen LogP contribution is 2.30. The Morgan fingerprint density at radius 2 is 2.00 bits per heavy atom. The summed E-state index contributed by atoms with van der Waals surface area (Å²) >= 11 is 12.0. The zero-order chi connectivity index (χ0) is 10.1. The minimum atomic E-state index is 0. The highest BCUT2D eigenvalue weighted by atomic mass is 35.5. The summed E-state index contributed by atoms with van der Waals surface area (Å²) in [6.07, 6.45) is 2.75. The number of hydrogen-bond acceptors (Lipinski definition) is 1. The highest BCUT2D eigenvalue weighted by Gasteiger charge is 2.07. The van der Waals surface area contributed by atoms with Gasteiger partial charge in [-0.25, -0.2) is 0 Å². The van der Waals surface area contributed by atoms with Crippen LogP contribution >= 0.6 is 23.2 Å². The van der Waals surface area contributed by atoms with Gasteiger partial charge in [-0.3, -0.25) is 0 Å². The molecule has 1 aromatic heterocycles. The van der Waals surface area contributed by atoms with Crippen LogP contribution < -0.4 is 5.73 Å². The summed E-state index contributed by atoms with van der Waals surface area (Å²) in [4.78, 5) is 3.13. The van der Waals surface area contributed by atoms with E-state index in [4.69, 9.17) is 28.9 Å². The van der Waals surface area contributed by atoms with E-state index in [2.05, 4.69) is 4.98 Å². The van der Waals surface area contributed by atoms with Crippen LogP contribution in [0.5, 0.6) is 0 Å². The van der Waals surface area contributed by atoms with Gasteiger partial charge in [0.25, 0.3) is 0 Å². The van der Waals surface area contributed by atoms with Crippen molar-refractivity contribution in [2.45, 2.75) is 13.8 Å². The van der Waals surface area contributed by atoms with Crippen molar-refractivity contribution >= 4 is 34.1 Å². The number of nitrogens with two attached hydrogens (primary N) is 1. The molecular formula is C11H14Cl2N2. The smallest absolute Gasteiger partial charge is 0.0517 e. The van der Waals surface area contributed by atoms with Gasteiger partial charge in [-0.1, -0.05) is 30.6 Å². The van der Waals surface area contributed by atoms with E-state index in [1.165, 1.54) is 0 Å². The summed E-state index contributed by atoms with van der Waals surface area (Å²) in [6.45, 7) is 0.617. The molecule has 0 aliphatic carbocycles. The number of rotatable bonds is 2. The van der Waals surface area contributed by atoms with Gasteiger partial charge in [0, 0.05) is 22.1 Å². The summed E-state index contributed by atoms with van der Waals surface area (Å²) in [6, 6.07) is 3.61. The molecule has 1 aromatic carbocycles. The average molecular weight is 245 g/mol. The van der Waals surface area contributed by atoms with Crippen LogP contribution in [0.15, 0.2) is 18.3 Å². The van der Waals surface area contributed by atoms with Crippen LogP contribution in [0.1, 0.15) is 13.0 Å². The van der Waals surface area contributed by atoms with Gasteiger partial charge in [0.1, 0.15) is 0 Å². The summed E-state index contributed by atoms with van der Waals surface area (Å²) in [5.41, 5.74) is 7.61. The molecule has 0 aliphatic rings. The molecule has 82 valence electrons. The van der Waals surface area contributed by atoms with Crippen LogP contribution in [0.4, 0.5) is 0 Å². The van der Waals surface area contributed by atoms with Crippen molar-refractivity contribution in [1.29, 1.82) is 0 Å². The Morgan fingerprint density at radius 1 is 1.27 bits per heavy atom. The van der Waals surface area contributed by atoms with Crippen molar-refractivity contribution in [3.8, 4) is 0 Å². The van der Waals surface area contributed by atoms with E-state index in [0.29, 0.717) is 16.6 Å². The fourth-order valence-corrected chi connectivity index (χ4v) is 2.22. The summed E-state index contributed by atoms with van der Waals surface area (Å²) in [5, 5.41) is 2.35. The quantitative estimate of drug-likeness (QED) is 0.833. The van der Waals surface area contributed by atoms with Gasteiger partial charge in [-0.15, -0.1) is 0 Å². The van der Waals surface area contributed by atoms with Gasteiger partial charge in [0.05, 0.1) is 5.02 Å². The topological polar surface area (TPSA) is 41.8 Å². The number of fused-ring (bicyclic) bond motifs is 1. The fraction of sp³-hybridized carbons (Fsp3) is 0.273. The lowest BCUT2D eigenvalue weighted by atomic mass is 10.1. The van der Waals surface area contributed by atoms with Crippen molar-refractivity contribution < 1.29 is 0 Å². The molecule has 0 saturated carbocycles. The lowest BCUT2D eigenvalue weighted by Gasteiger charge is -1.99. The van der Waals surface area contributed by atoms with E-state index in [1.807, 2.05) is 12.3 Å². The van der Waals surface area contributed by atoms with Gasteiger partial charge in [-0.2, -0.15) is 0 Å². The number of halogens is 2. The van der Waals surface area contributed by atoms with Gasteiger partial charge >= 0.3 is 0 Å². The lowest BCUT2D eigenvalue weighted by Crippen LogP contribution is -2.01. The first kappa shape index (κ1) is 12.4. The zero-order valence-corrected chi connectivity index (χ0v) is 8.99. The molecule has 1 heterocycles. The maximum Gasteiger partial charge on any atom is 0.0517 e. The number of aromatic amines is 1. The predicted molar refractivity (Wildman–Crippen MR) is 67.8 cm³/mol. The molecule has 3 N–H and O–H groups in total. The molecule has 0 saturated heterocycles. The molecule has 0 bridgehead atoms. The van der Waals surface area contributed by atoms with Crippen LogP contribution in [0.3, 0.4) is 0 Å². The van der Waals surface area contributed by atoms with E-state index in [-0.39, 0.29) is 7.43 Å². The molecule has 0 radical (unpaired) electrons. The second kappa shape index (κ2) is 4.88. The first-order valence-electron chi connectivity index (χ1n) is 4.37. The second-order valence-corrected chi connectivity index (χ2v) is 4.01. The first-order chi connectivity index (χ1) is 6.72.